The molecule has 0 atom stereocenters. The van der Waals surface area contributed by atoms with Gasteiger partial charge in [-0.3, -0.25) is 4.68 Å². The molecule has 3 heteroatoms. The van der Waals surface area contributed by atoms with E-state index in [0.717, 1.165) is 19.5 Å². The van der Waals surface area contributed by atoms with Crippen molar-refractivity contribution < 1.29 is 0 Å². The van der Waals surface area contributed by atoms with Crippen molar-refractivity contribution in [2.24, 2.45) is 18.4 Å². The third kappa shape index (κ3) is 4.79. The van der Waals surface area contributed by atoms with E-state index in [1.54, 1.807) is 0 Å². The molecule has 0 aliphatic carbocycles. The molecule has 16 heavy (non-hydrogen) atoms. The fraction of sp³-hybridized carbons (Fsp3) is 0.769. The van der Waals surface area contributed by atoms with E-state index in [0.29, 0.717) is 5.92 Å². The molecule has 92 valence electrons. The summed E-state index contributed by atoms with van der Waals surface area (Å²) in [5, 5.41) is 7.95. The summed E-state index contributed by atoms with van der Waals surface area (Å²) >= 11 is 0. The summed E-state index contributed by atoms with van der Waals surface area (Å²) < 4.78 is 1.87. The lowest BCUT2D eigenvalue weighted by Gasteiger charge is -2.24. The highest BCUT2D eigenvalue weighted by atomic mass is 15.2. The van der Waals surface area contributed by atoms with Gasteiger partial charge < -0.3 is 5.32 Å². The van der Waals surface area contributed by atoms with Crippen LogP contribution in [0.2, 0.25) is 0 Å². The molecule has 0 bridgehead atoms. The van der Waals surface area contributed by atoms with Crippen LogP contribution < -0.4 is 5.32 Å². The molecule has 3 nitrogen and oxygen atoms in total. The van der Waals surface area contributed by atoms with Crippen LogP contribution in [0.3, 0.4) is 0 Å². The van der Waals surface area contributed by atoms with Gasteiger partial charge in [-0.1, -0.05) is 27.7 Å². The third-order valence-corrected chi connectivity index (χ3v) is 2.58. The fourth-order valence-corrected chi connectivity index (χ4v) is 1.81. The van der Waals surface area contributed by atoms with Crippen LogP contribution >= 0.6 is 0 Å². The normalized spacial score (nSPS) is 12.4. The van der Waals surface area contributed by atoms with E-state index in [9.17, 15) is 0 Å². The van der Waals surface area contributed by atoms with E-state index in [-0.39, 0.29) is 5.41 Å². The van der Waals surface area contributed by atoms with E-state index in [1.807, 2.05) is 17.9 Å². The molecule has 0 aliphatic rings. The van der Waals surface area contributed by atoms with Gasteiger partial charge in [0.25, 0.3) is 0 Å². The molecule has 0 saturated carbocycles. The molecule has 0 fully saturated rings. The molecule has 0 unspecified atom stereocenters. The Bertz CT molecular complexity index is 313. The van der Waals surface area contributed by atoms with E-state index in [2.05, 4.69) is 44.2 Å². The van der Waals surface area contributed by atoms with Crippen LogP contribution in [0.25, 0.3) is 0 Å². The van der Waals surface area contributed by atoms with E-state index >= 15 is 0 Å². The average Bonchev–Trinajstić information content (AvgIpc) is 2.48. The molecule has 0 saturated heterocycles. The van der Waals surface area contributed by atoms with Gasteiger partial charge in [0.05, 0.1) is 5.69 Å². The van der Waals surface area contributed by atoms with Crippen molar-refractivity contribution in [1.82, 2.24) is 15.1 Å². The minimum atomic E-state index is 0.267. The Hall–Kier alpha value is -0.830. The van der Waals surface area contributed by atoms with Crippen molar-refractivity contribution >= 4 is 0 Å². The number of aryl methyl sites for hydroxylation is 1. The van der Waals surface area contributed by atoms with Crippen molar-refractivity contribution in [3.8, 4) is 0 Å². The van der Waals surface area contributed by atoms with Crippen LogP contribution in [0.15, 0.2) is 12.3 Å². The maximum Gasteiger partial charge on any atom is 0.0630 e. The lowest BCUT2D eigenvalue weighted by molar-refractivity contribution is 0.326. The van der Waals surface area contributed by atoms with E-state index < -0.39 is 0 Å². The largest absolute Gasteiger partial charge is 0.316 e. The van der Waals surface area contributed by atoms with Gasteiger partial charge in [0, 0.05) is 19.8 Å². The average molecular weight is 223 g/mol. The zero-order valence-electron chi connectivity index (χ0n) is 11.2. The van der Waals surface area contributed by atoms with Crippen LogP contribution in [0, 0.1) is 11.3 Å². The van der Waals surface area contributed by atoms with E-state index in [1.165, 1.54) is 5.69 Å². The number of nitrogens with one attached hydrogen (secondary N) is 1. The van der Waals surface area contributed by atoms with Crippen molar-refractivity contribution in [2.45, 2.75) is 34.1 Å². The minimum Gasteiger partial charge on any atom is -0.316 e. The molecule has 1 aromatic heterocycles. The molecular formula is C13H25N3. The van der Waals surface area contributed by atoms with Crippen LogP contribution in [0.4, 0.5) is 0 Å². The molecular weight excluding hydrogens is 198 g/mol. The quantitative estimate of drug-likeness (QED) is 0.801. The second-order valence-electron chi connectivity index (χ2n) is 5.85. The van der Waals surface area contributed by atoms with Crippen molar-refractivity contribution in [1.29, 1.82) is 0 Å². The van der Waals surface area contributed by atoms with Crippen molar-refractivity contribution in [3.05, 3.63) is 18.0 Å². The molecule has 1 rings (SSSR count). The predicted octanol–water partition coefficient (Wildman–Crippen LogP) is 2.23. The summed E-state index contributed by atoms with van der Waals surface area (Å²) in [4.78, 5) is 0. The first-order valence-corrected chi connectivity index (χ1v) is 6.08. The lowest BCUT2D eigenvalue weighted by atomic mass is 9.87. The summed E-state index contributed by atoms with van der Waals surface area (Å²) in [6.07, 6.45) is 3.03. The lowest BCUT2D eigenvalue weighted by Crippen LogP contribution is -2.33. The summed E-state index contributed by atoms with van der Waals surface area (Å²) in [5.74, 6) is 0.714. The number of aromatic nitrogens is 2. The number of rotatable bonds is 6. The van der Waals surface area contributed by atoms with Gasteiger partial charge in [-0.25, -0.2) is 0 Å². The van der Waals surface area contributed by atoms with Gasteiger partial charge >= 0.3 is 0 Å². The first kappa shape index (κ1) is 13.2. The Balaban J connectivity index is 2.39. The highest BCUT2D eigenvalue weighted by Crippen LogP contribution is 2.19. The van der Waals surface area contributed by atoms with E-state index in [4.69, 9.17) is 0 Å². The van der Waals surface area contributed by atoms with Crippen LogP contribution in [0.1, 0.15) is 33.4 Å². The minimum absolute atomic E-state index is 0.267. The van der Waals surface area contributed by atoms with Gasteiger partial charge in [-0.2, -0.15) is 5.10 Å². The smallest absolute Gasteiger partial charge is 0.0630 e. The Labute approximate surface area is 99.2 Å². The van der Waals surface area contributed by atoms with Crippen LogP contribution in [-0.4, -0.2) is 22.9 Å². The summed E-state index contributed by atoms with van der Waals surface area (Å²) in [5.41, 5.74) is 1.45. The standard InChI is InChI=1S/C13H25N3/c1-11(2)9-14-10-13(3,4)8-12-6-7-16(5)15-12/h6-7,11,14H,8-10H2,1-5H3. The van der Waals surface area contributed by atoms with Crippen LogP contribution in [-0.2, 0) is 13.5 Å². The number of nitrogens with zero attached hydrogens (tertiary/aromatic N) is 2. The second kappa shape index (κ2) is 5.48. The molecule has 0 spiro atoms. The number of hydrogen-bond acceptors (Lipinski definition) is 2. The van der Waals surface area contributed by atoms with Gasteiger partial charge in [-0.15, -0.1) is 0 Å². The predicted molar refractivity (Wildman–Crippen MR) is 68.4 cm³/mol. The Morgan fingerprint density at radius 2 is 2.12 bits per heavy atom. The van der Waals surface area contributed by atoms with Gasteiger partial charge in [0.15, 0.2) is 0 Å². The fourth-order valence-electron chi connectivity index (χ4n) is 1.81. The number of hydrogen-bond donors (Lipinski definition) is 1. The topological polar surface area (TPSA) is 29.9 Å². The first-order valence-electron chi connectivity index (χ1n) is 6.08. The third-order valence-electron chi connectivity index (χ3n) is 2.58. The van der Waals surface area contributed by atoms with Crippen molar-refractivity contribution in [2.75, 3.05) is 13.1 Å². The first-order chi connectivity index (χ1) is 7.39. The summed E-state index contributed by atoms with van der Waals surface area (Å²) in [6, 6.07) is 2.10. The van der Waals surface area contributed by atoms with Gasteiger partial charge in [0.2, 0.25) is 0 Å². The highest BCUT2D eigenvalue weighted by molar-refractivity contribution is 5.02. The second-order valence-corrected chi connectivity index (χ2v) is 5.85. The van der Waals surface area contributed by atoms with Gasteiger partial charge in [0.1, 0.15) is 0 Å². The highest BCUT2D eigenvalue weighted by Gasteiger charge is 2.19. The molecule has 1 aromatic rings. The maximum absolute atomic E-state index is 4.43. The summed E-state index contributed by atoms with van der Waals surface area (Å²) in [7, 11) is 1.97. The zero-order chi connectivity index (χ0) is 12.2. The summed E-state index contributed by atoms with van der Waals surface area (Å²) in [6.45, 7) is 11.2. The maximum atomic E-state index is 4.43. The molecule has 0 radical (unpaired) electrons. The molecule has 0 aromatic carbocycles. The van der Waals surface area contributed by atoms with Crippen LogP contribution in [0.5, 0.6) is 0 Å². The Kier molecular flexibility index (Phi) is 4.54. The zero-order valence-corrected chi connectivity index (χ0v) is 11.2. The monoisotopic (exact) mass is 223 g/mol. The Morgan fingerprint density at radius 1 is 1.44 bits per heavy atom. The SMILES string of the molecule is CC(C)CNCC(C)(C)Cc1ccn(C)n1. The van der Waals surface area contributed by atoms with Gasteiger partial charge in [-0.05, 0) is 30.4 Å². The molecule has 0 amide bonds. The molecule has 1 heterocycles. The molecule has 1 N–H and O–H groups in total. The Morgan fingerprint density at radius 3 is 2.62 bits per heavy atom. The van der Waals surface area contributed by atoms with Crippen molar-refractivity contribution in [3.63, 3.8) is 0 Å². The molecule has 0 aliphatic heterocycles.